The molecule has 0 bridgehead atoms. The van der Waals surface area contributed by atoms with E-state index in [1.807, 2.05) is 24.1 Å². The van der Waals surface area contributed by atoms with Crippen LogP contribution in [0.25, 0.3) is 0 Å². The summed E-state index contributed by atoms with van der Waals surface area (Å²) in [6, 6.07) is 3.69. The minimum atomic E-state index is 0.733. The van der Waals surface area contributed by atoms with Gasteiger partial charge in [-0.1, -0.05) is 0 Å². The number of aromatic nitrogens is 1. The fraction of sp³-hybridized carbons (Fsp3) is 0.375. The molecule has 0 aliphatic rings. The highest BCUT2D eigenvalue weighted by Gasteiger charge is 2.01. The Hall–Kier alpha value is -1.25. The van der Waals surface area contributed by atoms with Crippen molar-refractivity contribution >= 4 is 11.5 Å². The van der Waals surface area contributed by atoms with Gasteiger partial charge in [-0.05, 0) is 19.1 Å². The normalized spacial score (nSPS) is 9.64. The van der Waals surface area contributed by atoms with Crippen LogP contribution >= 0.6 is 0 Å². The van der Waals surface area contributed by atoms with Crippen LogP contribution in [-0.4, -0.2) is 18.6 Å². The summed E-state index contributed by atoms with van der Waals surface area (Å²) in [5.74, 6) is 0.856. The van der Waals surface area contributed by atoms with E-state index in [-0.39, 0.29) is 0 Å². The number of hydrogen-bond acceptors (Lipinski definition) is 3. The van der Waals surface area contributed by atoms with Crippen LogP contribution in [0, 0.1) is 0 Å². The summed E-state index contributed by atoms with van der Waals surface area (Å²) in [5, 5.41) is 0. The highest BCUT2D eigenvalue weighted by molar-refractivity contribution is 5.61. The number of nitrogen functional groups attached to an aromatic ring is 1. The van der Waals surface area contributed by atoms with Crippen molar-refractivity contribution in [3.05, 3.63) is 18.3 Å². The van der Waals surface area contributed by atoms with Crippen molar-refractivity contribution < 1.29 is 0 Å². The molecule has 0 spiro atoms. The molecule has 0 aliphatic carbocycles. The summed E-state index contributed by atoms with van der Waals surface area (Å²) in [6.07, 6.45) is 1.75. The maximum absolute atomic E-state index is 5.69. The molecule has 2 N–H and O–H groups in total. The Bertz CT molecular complexity index is 235. The third-order valence-corrected chi connectivity index (χ3v) is 1.65. The zero-order valence-electron chi connectivity index (χ0n) is 6.91. The first-order valence-electron chi connectivity index (χ1n) is 3.67. The van der Waals surface area contributed by atoms with E-state index in [1.165, 1.54) is 0 Å². The molecule has 3 nitrogen and oxygen atoms in total. The van der Waals surface area contributed by atoms with Gasteiger partial charge in [-0.2, -0.15) is 0 Å². The van der Waals surface area contributed by atoms with Crippen molar-refractivity contribution in [1.29, 1.82) is 0 Å². The average Bonchev–Trinajstić information content (AvgIpc) is 2.04. The first-order valence-corrected chi connectivity index (χ1v) is 3.67. The second-order valence-electron chi connectivity index (χ2n) is 2.43. The minimum Gasteiger partial charge on any atom is -0.396 e. The summed E-state index contributed by atoms with van der Waals surface area (Å²) in [4.78, 5) is 6.16. The van der Waals surface area contributed by atoms with E-state index >= 15 is 0 Å². The molecule has 0 saturated carbocycles. The molecule has 60 valence electrons. The zero-order valence-corrected chi connectivity index (χ0v) is 6.91. The number of anilines is 2. The molecule has 11 heavy (non-hydrogen) atoms. The van der Waals surface area contributed by atoms with Gasteiger partial charge >= 0.3 is 0 Å². The Morgan fingerprint density at radius 3 is 2.91 bits per heavy atom. The van der Waals surface area contributed by atoms with Gasteiger partial charge in [0, 0.05) is 19.8 Å². The fourth-order valence-electron chi connectivity index (χ4n) is 0.878. The average molecular weight is 151 g/mol. The molecular formula is C8H13N3. The smallest absolute Gasteiger partial charge is 0.151 e. The van der Waals surface area contributed by atoms with Crippen molar-refractivity contribution in [1.82, 2.24) is 4.98 Å². The zero-order chi connectivity index (χ0) is 8.27. The van der Waals surface area contributed by atoms with E-state index < -0.39 is 0 Å². The summed E-state index contributed by atoms with van der Waals surface area (Å²) in [6.45, 7) is 2.98. The van der Waals surface area contributed by atoms with Crippen LogP contribution < -0.4 is 10.6 Å². The second-order valence-corrected chi connectivity index (χ2v) is 2.43. The molecule has 0 atom stereocenters. The van der Waals surface area contributed by atoms with Gasteiger partial charge in [-0.15, -0.1) is 0 Å². The second kappa shape index (κ2) is 3.23. The standard InChI is InChI=1S/C8H13N3/c1-3-11(2)8-7(9)5-4-6-10-8/h4-6H,3,9H2,1-2H3. The molecule has 1 aromatic heterocycles. The molecule has 1 rings (SSSR count). The van der Waals surface area contributed by atoms with E-state index in [4.69, 9.17) is 5.73 Å². The predicted molar refractivity (Wildman–Crippen MR) is 47.6 cm³/mol. The summed E-state index contributed by atoms with van der Waals surface area (Å²) in [5.41, 5.74) is 6.43. The van der Waals surface area contributed by atoms with Crippen molar-refractivity contribution in [3.8, 4) is 0 Å². The molecule has 1 heterocycles. The van der Waals surface area contributed by atoms with E-state index in [2.05, 4.69) is 11.9 Å². The van der Waals surface area contributed by atoms with Crippen LogP contribution in [0.5, 0.6) is 0 Å². The third kappa shape index (κ3) is 1.61. The molecule has 0 unspecified atom stereocenters. The molecule has 0 fully saturated rings. The van der Waals surface area contributed by atoms with Gasteiger partial charge in [0.1, 0.15) is 0 Å². The molecule has 0 amide bonds. The summed E-state index contributed by atoms with van der Waals surface area (Å²) < 4.78 is 0. The van der Waals surface area contributed by atoms with Crippen LogP contribution in [0.2, 0.25) is 0 Å². The lowest BCUT2D eigenvalue weighted by Crippen LogP contribution is -2.18. The number of pyridine rings is 1. The number of nitrogens with two attached hydrogens (primary N) is 1. The number of nitrogens with zero attached hydrogens (tertiary/aromatic N) is 2. The summed E-state index contributed by atoms with van der Waals surface area (Å²) >= 11 is 0. The van der Waals surface area contributed by atoms with Crippen LogP contribution in [0.3, 0.4) is 0 Å². The van der Waals surface area contributed by atoms with Gasteiger partial charge in [0.15, 0.2) is 5.82 Å². The van der Waals surface area contributed by atoms with Gasteiger partial charge < -0.3 is 10.6 Å². The first-order chi connectivity index (χ1) is 5.25. The Kier molecular flexibility index (Phi) is 2.31. The quantitative estimate of drug-likeness (QED) is 0.688. The van der Waals surface area contributed by atoms with E-state index in [1.54, 1.807) is 6.20 Å². The van der Waals surface area contributed by atoms with Crippen molar-refractivity contribution in [3.63, 3.8) is 0 Å². The van der Waals surface area contributed by atoms with Crippen LogP contribution in [-0.2, 0) is 0 Å². The van der Waals surface area contributed by atoms with E-state index in [0.717, 1.165) is 18.1 Å². The molecule has 3 heteroatoms. The lowest BCUT2D eigenvalue weighted by atomic mass is 10.4. The maximum atomic E-state index is 5.69. The molecule has 0 aliphatic heterocycles. The largest absolute Gasteiger partial charge is 0.396 e. The lowest BCUT2D eigenvalue weighted by molar-refractivity contribution is 0.941. The lowest BCUT2D eigenvalue weighted by Gasteiger charge is -2.16. The molecule has 0 aromatic carbocycles. The van der Waals surface area contributed by atoms with Crippen LogP contribution in [0.4, 0.5) is 11.5 Å². The van der Waals surface area contributed by atoms with E-state index in [0.29, 0.717) is 0 Å². The number of hydrogen-bond donors (Lipinski definition) is 1. The Balaban J connectivity index is 2.93. The van der Waals surface area contributed by atoms with Gasteiger partial charge in [-0.3, -0.25) is 0 Å². The Morgan fingerprint density at radius 1 is 1.64 bits per heavy atom. The Labute approximate surface area is 66.8 Å². The predicted octanol–water partition coefficient (Wildman–Crippen LogP) is 1.12. The van der Waals surface area contributed by atoms with E-state index in [9.17, 15) is 0 Å². The summed E-state index contributed by atoms with van der Waals surface area (Å²) in [7, 11) is 1.97. The molecule has 0 saturated heterocycles. The molecular weight excluding hydrogens is 138 g/mol. The Morgan fingerprint density at radius 2 is 2.36 bits per heavy atom. The van der Waals surface area contributed by atoms with Gasteiger partial charge in [0.25, 0.3) is 0 Å². The van der Waals surface area contributed by atoms with Crippen LogP contribution in [0.15, 0.2) is 18.3 Å². The first kappa shape index (κ1) is 7.85. The van der Waals surface area contributed by atoms with Crippen molar-refractivity contribution in [2.45, 2.75) is 6.92 Å². The molecule has 0 radical (unpaired) electrons. The highest BCUT2D eigenvalue weighted by atomic mass is 15.2. The fourth-order valence-corrected chi connectivity index (χ4v) is 0.878. The van der Waals surface area contributed by atoms with Gasteiger partial charge in [0.2, 0.25) is 0 Å². The minimum absolute atomic E-state index is 0.733. The maximum Gasteiger partial charge on any atom is 0.151 e. The van der Waals surface area contributed by atoms with Crippen LogP contribution in [0.1, 0.15) is 6.92 Å². The SMILES string of the molecule is CCN(C)c1ncccc1N. The van der Waals surface area contributed by atoms with Gasteiger partial charge in [-0.25, -0.2) is 4.98 Å². The van der Waals surface area contributed by atoms with Gasteiger partial charge in [0.05, 0.1) is 5.69 Å². The number of rotatable bonds is 2. The third-order valence-electron chi connectivity index (χ3n) is 1.65. The monoisotopic (exact) mass is 151 g/mol. The topological polar surface area (TPSA) is 42.2 Å². The van der Waals surface area contributed by atoms with Crippen molar-refractivity contribution in [2.75, 3.05) is 24.2 Å². The highest BCUT2D eigenvalue weighted by Crippen LogP contribution is 2.16. The van der Waals surface area contributed by atoms with Crippen molar-refractivity contribution in [2.24, 2.45) is 0 Å². The molecule has 1 aromatic rings.